The van der Waals surface area contributed by atoms with Gasteiger partial charge in [0.1, 0.15) is 5.60 Å². The summed E-state index contributed by atoms with van der Waals surface area (Å²) in [6.45, 7) is 7.24. The van der Waals surface area contributed by atoms with Crippen molar-refractivity contribution in [2.45, 2.75) is 38.3 Å². The molecule has 1 fully saturated rings. The summed E-state index contributed by atoms with van der Waals surface area (Å²) >= 11 is 0. The zero-order chi connectivity index (χ0) is 16.4. The highest BCUT2D eigenvalue weighted by atomic mass is 16.6. The number of rotatable bonds is 2. The number of nitrogens with one attached hydrogen (secondary N) is 2. The van der Waals surface area contributed by atoms with Crippen LogP contribution in [0.4, 0.5) is 4.79 Å². The van der Waals surface area contributed by atoms with Gasteiger partial charge in [-0.3, -0.25) is 0 Å². The molecule has 1 saturated heterocycles. The summed E-state index contributed by atoms with van der Waals surface area (Å²) in [5.74, 6) is 0.244. The number of carbonyl (C=O) groups excluding carboxylic acids is 1. The zero-order valence-electron chi connectivity index (χ0n) is 13.9. The number of hydrogen-bond acceptors (Lipinski definition) is 3. The van der Waals surface area contributed by atoms with Crippen LogP contribution in [0.3, 0.4) is 0 Å². The summed E-state index contributed by atoms with van der Waals surface area (Å²) in [6, 6.07) is 14.8. The quantitative estimate of drug-likeness (QED) is 0.893. The van der Waals surface area contributed by atoms with E-state index >= 15 is 0 Å². The predicted molar refractivity (Wildman–Crippen MR) is 92.7 cm³/mol. The lowest BCUT2D eigenvalue weighted by molar-refractivity contribution is 0.0504. The van der Waals surface area contributed by atoms with Crippen LogP contribution in [0.1, 0.15) is 32.3 Å². The second-order valence-corrected chi connectivity index (χ2v) is 7.09. The summed E-state index contributed by atoms with van der Waals surface area (Å²) in [5.41, 5.74) is 0.791. The Morgan fingerprint density at radius 1 is 1.13 bits per heavy atom. The highest BCUT2D eigenvalue weighted by molar-refractivity contribution is 5.86. The van der Waals surface area contributed by atoms with Crippen LogP contribution < -0.4 is 10.6 Å². The maximum atomic E-state index is 12.1. The number of benzene rings is 2. The Labute approximate surface area is 137 Å². The molecule has 0 unspecified atom stereocenters. The van der Waals surface area contributed by atoms with Gasteiger partial charge in [0.25, 0.3) is 0 Å². The predicted octanol–water partition coefficient (Wildman–Crippen LogP) is 3.42. The highest BCUT2D eigenvalue weighted by Crippen LogP contribution is 2.30. The molecular weight excluding hydrogens is 288 g/mol. The number of hydrogen-bond donors (Lipinski definition) is 2. The van der Waals surface area contributed by atoms with Crippen molar-refractivity contribution in [3.8, 4) is 0 Å². The Bertz CT molecular complexity index is 701. The highest BCUT2D eigenvalue weighted by Gasteiger charge is 2.31. The van der Waals surface area contributed by atoms with E-state index < -0.39 is 5.60 Å². The molecule has 0 bridgehead atoms. The molecule has 3 rings (SSSR count). The average Bonchev–Trinajstić information content (AvgIpc) is 2.92. The van der Waals surface area contributed by atoms with Crippen molar-refractivity contribution in [3.63, 3.8) is 0 Å². The van der Waals surface area contributed by atoms with Crippen LogP contribution in [0.5, 0.6) is 0 Å². The van der Waals surface area contributed by atoms with E-state index in [-0.39, 0.29) is 18.1 Å². The lowest BCUT2D eigenvalue weighted by atomic mass is 9.90. The first-order chi connectivity index (χ1) is 10.9. The summed E-state index contributed by atoms with van der Waals surface area (Å²) in [5, 5.41) is 8.89. The fraction of sp³-hybridized carbons (Fsp3) is 0.421. The van der Waals surface area contributed by atoms with Gasteiger partial charge < -0.3 is 15.4 Å². The van der Waals surface area contributed by atoms with E-state index in [2.05, 4.69) is 53.1 Å². The molecule has 0 radical (unpaired) electrons. The van der Waals surface area contributed by atoms with Crippen molar-refractivity contribution in [1.29, 1.82) is 0 Å². The normalized spacial score (nSPS) is 21.3. The third kappa shape index (κ3) is 3.64. The molecule has 4 nitrogen and oxygen atoms in total. The van der Waals surface area contributed by atoms with Gasteiger partial charge in [0.15, 0.2) is 0 Å². The van der Waals surface area contributed by atoms with E-state index in [4.69, 9.17) is 4.74 Å². The molecule has 0 spiro atoms. The standard InChI is InChI=1S/C19H24N2O2/c1-19(2,3)23-18(22)21-17-12-20-11-16(17)15-10-6-8-13-7-4-5-9-14(13)15/h4-10,16-17,20H,11-12H2,1-3H3,(H,21,22)/t16-,17+/m0/s1. The van der Waals surface area contributed by atoms with E-state index in [1.165, 1.54) is 16.3 Å². The first-order valence-corrected chi connectivity index (χ1v) is 8.12. The minimum absolute atomic E-state index is 0.0376. The number of alkyl carbamates (subject to hydrolysis) is 1. The summed E-state index contributed by atoms with van der Waals surface area (Å²) in [7, 11) is 0. The van der Waals surface area contributed by atoms with E-state index in [1.807, 2.05) is 20.8 Å². The van der Waals surface area contributed by atoms with Crippen molar-refractivity contribution in [2.24, 2.45) is 0 Å². The van der Waals surface area contributed by atoms with Crippen LogP contribution in [0.25, 0.3) is 10.8 Å². The van der Waals surface area contributed by atoms with Crippen LogP contribution in [0, 0.1) is 0 Å². The van der Waals surface area contributed by atoms with Gasteiger partial charge in [-0.05, 0) is 37.1 Å². The van der Waals surface area contributed by atoms with Crippen molar-refractivity contribution >= 4 is 16.9 Å². The molecule has 122 valence electrons. The van der Waals surface area contributed by atoms with Gasteiger partial charge in [-0.15, -0.1) is 0 Å². The van der Waals surface area contributed by atoms with Gasteiger partial charge in [-0.2, -0.15) is 0 Å². The molecule has 2 aromatic carbocycles. The van der Waals surface area contributed by atoms with Crippen molar-refractivity contribution in [1.82, 2.24) is 10.6 Å². The topological polar surface area (TPSA) is 50.4 Å². The van der Waals surface area contributed by atoms with Crippen LogP contribution in [-0.4, -0.2) is 30.8 Å². The van der Waals surface area contributed by atoms with E-state index in [0.29, 0.717) is 0 Å². The smallest absolute Gasteiger partial charge is 0.407 e. The number of ether oxygens (including phenoxy) is 1. The third-order valence-electron chi connectivity index (χ3n) is 4.14. The summed E-state index contributed by atoms with van der Waals surface area (Å²) in [4.78, 5) is 12.1. The number of amides is 1. The Hall–Kier alpha value is -2.07. The molecule has 4 heteroatoms. The monoisotopic (exact) mass is 312 g/mol. The Morgan fingerprint density at radius 2 is 1.87 bits per heavy atom. The molecule has 2 aromatic rings. The second kappa shape index (κ2) is 6.20. The Morgan fingerprint density at radius 3 is 2.65 bits per heavy atom. The molecule has 1 aliphatic rings. The van der Waals surface area contributed by atoms with Crippen LogP contribution in [-0.2, 0) is 4.74 Å². The maximum Gasteiger partial charge on any atom is 0.407 e. The molecule has 2 atom stereocenters. The van der Waals surface area contributed by atoms with Crippen LogP contribution in [0.2, 0.25) is 0 Å². The lowest BCUT2D eigenvalue weighted by Crippen LogP contribution is -2.42. The first-order valence-electron chi connectivity index (χ1n) is 8.12. The molecule has 1 heterocycles. The van der Waals surface area contributed by atoms with Crippen LogP contribution >= 0.6 is 0 Å². The summed E-state index contributed by atoms with van der Waals surface area (Å²) < 4.78 is 5.39. The van der Waals surface area contributed by atoms with Crippen molar-refractivity contribution in [3.05, 3.63) is 48.0 Å². The fourth-order valence-electron chi connectivity index (χ4n) is 3.19. The average molecular weight is 312 g/mol. The van der Waals surface area contributed by atoms with Gasteiger partial charge >= 0.3 is 6.09 Å². The molecule has 1 aliphatic heterocycles. The molecule has 1 amide bonds. The number of carbonyl (C=O) groups is 1. The van der Waals surface area contributed by atoms with Gasteiger partial charge in [0, 0.05) is 19.0 Å². The number of fused-ring (bicyclic) bond motifs is 1. The minimum atomic E-state index is -0.481. The SMILES string of the molecule is CC(C)(C)OC(=O)N[C@@H]1CNC[C@H]1c1cccc2ccccc12. The molecule has 23 heavy (non-hydrogen) atoms. The second-order valence-electron chi connectivity index (χ2n) is 7.09. The molecule has 2 N–H and O–H groups in total. The molecule has 0 aromatic heterocycles. The lowest BCUT2D eigenvalue weighted by Gasteiger charge is -2.25. The maximum absolute atomic E-state index is 12.1. The Kier molecular flexibility index (Phi) is 4.26. The first kappa shape index (κ1) is 15.8. The zero-order valence-corrected chi connectivity index (χ0v) is 13.9. The minimum Gasteiger partial charge on any atom is -0.444 e. The van der Waals surface area contributed by atoms with E-state index in [9.17, 15) is 4.79 Å². The molecule has 0 saturated carbocycles. The van der Waals surface area contributed by atoms with Crippen molar-refractivity contribution < 1.29 is 9.53 Å². The molecular formula is C19H24N2O2. The largest absolute Gasteiger partial charge is 0.444 e. The van der Waals surface area contributed by atoms with Crippen LogP contribution in [0.15, 0.2) is 42.5 Å². The van der Waals surface area contributed by atoms with Gasteiger partial charge in [-0.25, -0.2) is 4.79 Å². The van der Waals surface area contributed by atoms with Crippen molar-refractivity contribution in [2.75, 3.05) is 13.1 Å². The summed E-state index contributed by atoms with van der Waals surface area (Å²) in [6.07, 6.45) is -0.351. The van der Waals surface area contributed by atoms with Gasteiger partial charge in [0.05, 0.1) is 6.04 Å². The van der Waals surface area contributed by atoms with Gasteiger partial charge in [-0.1, -0.05) is 42.5 Å². The molecule has 0 aliphatic carbocycles. The van der Waals surface area contributed by atoms with E-state index in [1.54, 1.807) is 0 Å². The van der Waals surface area contributed by atoms with Gasteiger partial charge in [0.2, 0.25) is 0 Å². The van der Waals surface area contributed by atoms with E-state index in [0.717, 1.165) is 13.1 Å². The fourth-order valence-corrected chi connectivity index (χ4v) is 3.19. The Balaban J connectivity index is 1.82. The third-order valence-corrected chi connectivity index (χ3v) is 4.14.